The molecule has 0 fully saturated rings. The Labute approximate surface area is 98.1 Å². The fourth-order valence-electron chi connectivity index (χ4n) is 1.42. The number of hydrogen-bond acceptors (Lipinski definition) is 1. The molecule has 15 heavy (non-hydrogen) atoms. The number of hydrogen-bond donors (Lipinski definition) is 1. The topological polar surface area (TPSA) is 26.0 Å². The van der Waals surface area contributed by atoms with Gasteiger partial charge in [-0.25, -0.2) is 0 Å². The Morgan fingerprint density at radius 1 is 1.00 bits per heavy atom. The summed E-state index contributed by atoms with van der Waals surface area (Å²) in [6.45, 7) is 0.590. The van der Waals surface area contributed by atoms with E-state index in [9.17, 15) is 0 Å². The van der Waals surface area contributed by atoms with Gasteiger partial charge in [-0.05, 0) is 34.9 Å². The van der Waals surface area contributed by atoms with Crippen molar-refractivity contribution >= 4 is 15.9 Å². The van der Waals surface area contributed by atoms with E-state index in [4.69, 9.17) is 5.73 Å². The lowest BCUT2D eigenvalue weighted by Crippen LogP contribution is -1.95. The Morgan fingerprint density at radius 2 is 1.67 bits per heavy atom. The third kappa shape index (κ3) is 2.46. The zero-order valence-electron chi connectivity index (χ0n) is 8.20. The van der Waals surface area contributed by atoms with Gasteiger partial charge in [-0.1, -0.05) is 46.3 Å². The van der Waals surface area contributed by atoms with E-state index in [1.54, 1.807) is 0 Å². The molecule has 0 aliphatic carbocycles. The average Bonchev–Trinajstić information content (AvgIpc) is 2.30. The van der Waals surface area contributed by atoms with E-state index in [0.29, 0.717) is 6.54 Å². The molecule has 1 radical (unpaired) electrons. The summed E-state index contributed by atoms with van der Waals surface area (Å²) in [7, 11) is 0. The lowest BCUT2D eigenvalue weighted by molar-refractivity contribution is 1.07. The van der Waals surface area contributed by atoms with Crippen molar-refractivity contribution in [2.24, 2.45) is 5.73 Å². The normalized spacial score (nSPS) is 10.3. The van der Waals surface area contributed by atoms with E-state index in [1.807, 2.05) is 12.1 Å². The van der Waals surface area contributed by atoms with Crippen LogP contribution in [0, 0.1) is 6.07 Å². The van der Waals surface area contributed by atoms with Crippen LogP contribution in [0.2, 0.25) is 0 Å². The van der Waals surface area contributed by atoms with Gasteiger partial charge >= 0.3 is 0 Å². The quantitative estimate of drug-likeness (QED) is 0.881. The zero-order valence-corrected chi connectivity index (χ0v) is 9.79. The van der Waals surface area contributed by atoms with Gasteiger partial charge < -0.3 is 5.73 Å². The van der Waals surface area contributed by atoms with Crippen LogP contribution in [0.15, 0.2) is 46.9 Å². The van der Waals surface area contributed by atoms with Gasteiger partial charge in [0.05, 0.1) is 0 Å². The third-order valence-electron chi connectivity index (χ3n) is 2.30. The molecular formula is C13H11BrN. The molecule has 2 heteroatoms. The standard InChI is InChI=1S/C13H11BrN/c14-13-7-5-12(6-8-13)11-3-1-10(9-15)2-4-11/h1-7H,9,15H2. The molecule has 0 atom stereocenters. The molecule has 0 aliphatic rings. The minimum Gasteiger partial charge on any atom is -0.326 e. The number of rotatable bonds is 2. The smallest absolute Gasteiger partial charge is 0.0254 e. The SMILES string of the molecule is NCc1ccc(-c2c[c]c(Br)cc2)cc1. The molecule has 1 nitrogen and oxygen atoms in total. The first-order valence-corrected chi connectivity index (χ1v) is 5.55. The van der Waals surface area contributed by atoms with Gasteiger partial charge in [-0.3, -0.25) is 0 Å². The summed E-state index contributed by atoms with van der Waals surface area (Å²) >= 11 is 3.37. The first-order chi connectivity index (χ1) is 7.29. The maximum absolute atomic E-state index is 5.55. The number of nitrogens with two attached hydrogens (primary N) is 1. The highest BCUT2D eigenvalue weighted by atomic mass is 79.9. The van der Waals surface area contributed by atoms with Crippen LogP contribution in [0.1, 0.15) is 5.56 Å². The molecule has 2 aromatic carbocycles. The van der Waals surface area contributed by atoms with Crippen molar-refractivity contribution in [3.8, 4) is 11.1 Å². The van der Waals surface area contributed by atoms with Gasteiger partial charge in [-0.2, -0.15) is 0 Å². The summed E-state index contributed by atoms with van der Waals surface area (Å²) in [5, 5.41) is 0. The molecule has 0 saturated heterocycles. The fourth-order valence-corrected chi connectivity index (χ4v) is 1.67. The summed E-state index contributed by atoms with van der Waals surface area (Å²) < 4.78 is 0.977. The molecule has 0 aromatic heterocycles. The van der Waals surface area contributed by atoms with E-state index < -0.39 is 0 Å². The largest absolute Gasteiger partial charge is 0.326 e. The minimum absolute atomic E-state index is 0.590. The van der Waals surface area contributed by atoms with Gasteiger partial charge in [-0.15, -0.1) is 0 Å². The molecule has 2 rings (SSSR count). The predicted octanol–water partition coefficient (Wildman–Crippen LogP) is 3.37. The van der Waals surface area contributed by atoms with Crippen LogP contribution in [-0.2, 0) is 6.54 Å². The molecule has 75 valence electrons. The highest BCUT2D eigenvalue weighted by Crippen LogP contribution is 2.21. The van der Waals surface area contributed by atoms with E-state index in [1.165, 1.54) is 11.1 Å². The maximum atomic E-state index is 5.55. The van der Waals surface area contributed by atoms with Crippen LogP contribution in [-0.4, -0.2) is 0 Å². The van der Waals surface area contributed by atoms with Crippen LogP contribution >= 0.6 is 15.9 Å². The van der Waals surface area contributed by atoms with Gasteiger partial charge in [0.1, 0.15) is 0 Å². The van der Waals surface area contributed by atoms with Gasteiger partial charge in [0.2, 0.25) is 0 Å². The Kier molecular flexibility index (Phi) is 3.19. The second-order valence-corrected chi connectivity index (χ2v) is 4.18. The average molecular weight is 261 g/mol. The molecule has 0 aliphatic heterocycles. The second-order valence-electron chi connectivity index (χ2n) is 3.33. The number of halogens is 1. The summed E-state index contributed by atoms with van der Waals surface area (Å²) in [6, 6.07) is 17.4. The Hall–Kier alpha value is -1.12. The molecule has 2 aromatic rings. The Morgan fingerprint density at radius 3 is 2.20 bits per heavy atom. The van der Waals surface area contributed by atoms with Crippen molar-refractivity contribution in [3.05, 3.63) is 58.6 Å². The Bertz CT molecular complexity index is 431. The number of benzene rings is 2. The lowest BCUT2D eigenvalue weighted by Gasteiger charge is -2.02. The molecule has 2 N–H and O–H groups in total. The molecule has 0 bridgehead atoms. The van der Waals surface area contributed by atoms with Gasteiger partial charge in [0, 0.05) is 11.0 Å². The Balaban J connectivity index is 2.33. The molecule has 0 saturated carbocycles. The zero-order chi connectivity index (χ0) is 10.7. The second kappa shape index (κ2) is 4.60. The molecule has 0 unspecified atom stereocenters. The molecular weight excluding hydrogens is 250 g/mol. The third-order valence-corrected chi connectivity index (χ3v) is 2.79. The van der Waals surface area contributed by atoms with Crippen LogP contribution in [0.4, 0.5) is 0 Å². The van der Waals surface area contributed by atoms with Crippen molar-refractivity contribution < 1.29 is 0 Å². The predicted molar refractivity (Wildman–Crippen MR) is 66.3 cm³/mol. The highest BCUT2D eigenvalue weighted by molar-refractivity contribution is 9.10. The van der Waals surface area contributed by atoms with Gasteiger partial charge in [0.25, 0.3) is 0 Å². The van der Waals surface area contributed by atoms with Gasteiger partial charge in [0.15, 0.2) is 0 Å². The summed E-state index contributed by atoms with van der Waals surface area (Å²) in [5.41, 5.74) is 9.06. The van der Waals surface area contributed by atoms with Crippen molar-refractivity contribution in [2.45, 2.75) is 6.54 Å². The van der Waals surface area contributed by atoms with Crippen LogP contribution in [0.25, 0.3) is 11.1 Å². The highest BCUT2D eigenvalue weighted by Gasteiger charge is 1.97. The summed E-state index contributed by atoms with van der Waals surface area (Å²) in [5.74, 6) is 0. The van der Waals surface area contributed by atoms with E-state index in [-0.39, 0.29) is 0 Å². The molecule has 0 spiro atoms. The monoisotopic (exact) mass is 260 g/mol. The lowest BCUT2D eigenvalue weighted by atomic mass is 10.0. The summed E-state index contributed by atoms with van der Waals surface area (Å²) in [4.78, 5) is 0. The van der Waals surface area contributed by atoms with E-state index in [0.717, 1.165) is 10.0 Å². The first-order valence-electron chi connectivity index (χ1n) is 4.76. The van der Waals surface area contributed by atoms with Crippen molar-refractivity contribution in [3.63, 3.8) is 0 Å². The maximum Gasteiger partial charge on any atom is 0.0254 e. The fraction of sp³-hybridized carbons (Fsp3) is 0.0769. The van der Waals surface area contributed by atoms with Crippen molar-refractivity contribution in [1.29, 1.82) is 0 Å². The van der Waals surface area contributed by atoms with Crippen LogP contribution < -0.4 is 5.73 Å². The van der Waals surface area contributed by atoms with Crippen LogP contribution in [0.5, 0.6) is 0 Å². The van der Waals surface area contributed by atoms with Crippen molar-refractivity contribution in [2.75, 3.05) is 0 Å². The van der Waals surface area contributed by atoms with Crippen molar-refractivity contribution in [1.82, 2.24) is 0 Å². The minimum atomic E-state index is 0.590. The van der Waals surface area contributed by atoms with Crippen LogP contribution in [0.3, 0.4) is 0 Å². The summed E-state index contributed by atoms with van der Waals surface area (Å²) in [6.07, 6.45) is 0. The van der Waals surface area contributed by atoms with E-state index in [2.05, 4.69) is 52.3 Å². The molecule has 0 heterocycles. The first kappa shape index (κ1) is 10.4. The molecule has 0 amide bonds. The van der Waals surface area contributed by atoms with E-state index >= 15 is 0 Å².